The van der Waals surface area contributed by atoms with Crippen LogP contribution in [0.15, 0.2) is 0 Å². The largest absolute Gasteiger partial charge is 0.389 e. The van der Waals surface area contributed by atoms with E-state index in [-0.39, 0.29) is 23.7 Å². The molecule has 0 saturated carbocycles. The molecule has 0 aromatic carbocycles. The summed E-state index contributed by atoms with van der Waals surface area (Å²) in [5.74, 6) is 1.02. The van der Waals surface area contributed by atoms with E-state index in [0.29, 0.717) is 25.5 Å². The van der Waals surface area contributed by atoms with Gasteiger partial charge >= 0.3 is 0 Å². The molecule has 1 heterocycles. The Balaban J connectivity index is 2.13. The predicted molar refractivity (Wildman–Crippen MR) is 75.9 cm³/mol. The van der Waals surface area contributed by atoms with Crippen LogP contribution in [0.3, 0.4) is 0 Å². The molecule has 0 radical (unpaired) electrons. The molecule has 1 aliphatic rings. The first kappa shape index (κ1) is 16.9. The Kier molecular flexibility index (Phi) is 6.73. The minimum absolute atomic E-state index is 0.0206. The molecule has 114 valence electrons. The molecule has 0 amide bonds. The Morgan fingerprint density at radius 3 is 2.58 bits per heavy atom. The van der Waals surface area contributed by atoms with E-state index >= 15 is 0 Å². The van der Waals surface area contributed by atoms with Gasteiger partial charge in [-0.3, -0.25) is 0 Å². The maximum atomic E-state index is 11.3. The van der Waals surface area contributed by atoms with E-state index in [2.05, 4.69) is 19.2 Å². The van der Waals surface area contributed by atoms with Crippen molar-refractivity contribution >= 4 is 9.84 Å². The maximum Gasteiger partial charge on any atom is 0.151 e. The van der Waals surface area contributed by atoms with Crippen molar-refractivity contribution in [2.24, 2.45) is 5.92 Å². The van der Waals surface area contributed by atoms with E-state index in [4.69, 9.17) is 4.74 Å². The summed E-state index contributed by atoms with van der Waals surface area (Å²) in [6.45, 7) is 6.95. The Hall–Kier alpha value is -0.170. The molecule has 0 bridgehead atoms. The van der Waals surface area contributed by atoms with Gasteiger partial charge in [-0.05, 0) is 25.7 Å². The van der Waals surface area contributed by atoms with Crippen LogP contribution in [-0.2, 0) is 14.6 Å². The van der Waals surface area contributed by atoms with Gasteiger partial charge in [0.25, 0.3) is 0 Å². The van der Waals surface area contributed by atoms with Crippen LogP contribution in [0.25, 0.3) is 0 Å². The molecule has 0 aromatic rings. The highest BCUT2D eigenvalue weighted by molar-refractivity contribution is 7.91. The number of rotatable bonds is 8. The molecular formula is C13H27NO4S. The van der Waals surface area contributed by atoms with Crippen LogP contribution in [-0.4, -0.2) is 56.4 Å². The molecule has 1 saturated heterocycles. The first-order valence-corrected chi connectivity index (χ1v) is 8.84. The monoisotopic (exact) mass is 293 g/mol. The molecule has 1 aliphatic heterocycles. The van der Waals surface area contributed by atoms with Crippen LogP contribution in [0.2, 0.25) is 0 Å². The van der Waals surface area contributed by atoms with E-state index in [1.165, 1.54) is 0 Å². The van der Waals surface area contributed by atoms with Gasteiger partial charge < -0.3 is 15.2 Å². The van der Waals surface area contributed by atoms with Crippen molar-refractivity contribution in [3.63, 3.8) is 0 Å². The Bertz CT molecular complexity index is 356. The fourth-order valence-electron chi connectivity index (χ4n) is 2.32. The average molecular weight is 293 g/mol. The third-order valence-electron chi connectivity index (χ3n) is 3.25. The van der Waals surface area contributed by atoms with E-state index < -0.39 is 15.9 Å². The normalized spacial score (nSPS) is 25.6. The van der Waals surface area contributed by atoms with Crippen LogP contribution >= 0.6 is 0 Å². The second kappa shape index (κ2) is 7.57. The standard InChI is InChI=1S/C13H27NO4S/c1-10(2)6-11(3)18-8-13(15)7-14-12-4-5-19(16,17)9-12/h10-15H,4-9H2,1-3H3. The predicted octanol–water partition coefficient (Wildman–Crippen LogP) is 0.575. The zero-order valence-corrected chi connectivity index (χ0v) is 12.9. The van der Waals surface area contributed by atoms with Gasteiger partial charge in [-0.2, -0.15) is 0 Å². The molecular weight excluding hydrogens is 266 g/mol. The van der Waals surface area contributed by atoms with Gasteiger partial charge in [0.15, 0.2) is 9.84 Å². The highest BCUT2D eigenvalue weighted by atomic mass is 32.2. The van der Waals surface area contributed by atoms with Crippen LogP contribution < -0.4 is 5.32 Å². The van der Waals surface area contributed by atoms with Crippen molar-refractivity contribution in [3.05, 3.63) is 0 Å². The highest BCUT2D eigenvalue weighted by Crippen LogP contribution is 2.11. The molecule has 19 heavy (non-hydrogen) atoms. The first-order chi connectivity index (χ1) is 8.78. The molecule has 0 aromatic heterocycles. The van der Waals surface area contributed by atoms with Gasteiger partial charge in [0.1, 0.15) is 0 Å². The molecule has 6 heteroatoms. The maximum absolute atomic E-state index is 11.3. The molecule has 1 fully saturated rings. The van der Waals surface area contributed by atoms with Crippen LogP contribution in [0.1, 0.15) is 33.6 Å². The highest BCUT2D eigenvalue weighted by Gasteiger charge is 2.27. The minimum atomic E-state index is -2.86. The van der Waals surface area contributed by atoms with E-state index in [1.54, 1.807) is 0 Å². The number of sulfone groups is 1. The molecule has 3 atom stereocenters. The van der Waals surface area contributed by atoms with Crippen LogP contribution in [0.5, 0.6) is 0 Å². The number of ether oxygens (including phenoxy) is 1. The lowest BCUT2D eigenvalue weighted by molar-refractivity contribution is -0.00906. The van der Waals surface area contributed by atoms with Gasteiger partial charge in [-0.1, -0.05) is 13.8 Å². The zero-order valence-electron chi connectivity index (χ0n) is 12.1. The summed E-state index contributed by atoms with van der Waals surface area (Å²) < 4.78 is 28.1. The second-order valence-electron chi connectivity index (χ2n) is 5.94. The topological polar surface area (TPSA) is 75.6 Å². The van der Waals surface area contributed by atoms with Gasteiger partial charge in [-0.25, -0.2) is 8.42 Å². The second-order valence-corrected chi connectivity index (χ2v) is 8.16. The lowest BCUT2D eigenvalue weighted by atomic mass is 10.1. The molecule has 1 rings (SSSR count). The van der Waals surface area contributed by atoms with Crippen molar-refractivity contribution in [2.75, 3.05) is 24.7 Å². The molecule has 0 aliphatic carbocycles. The van der Waals surface area contributed by atoms with E-state index in [9.17, 15) is 13.5 Å². The molecule has 2 N–H and O–H groups in total. The summed E-state index contributed by atoms with van der Waals surface area (Å²) in [6, 6.07) is -0.0206. The quantitative estimate of drug-likeness (QED) is 0.684. The van der Waals surface area contributed by atoms with Crippen molar-refractivity contribution in [1.29, 1.82) is 0 Å². The van der Waals surface area contributed by atoms with Gasteiger partial charge in [0.2, 0.25) is 0 Å². The molecule has 3 unspecified atom stereocenters. The van der Waals surface area contributed by atoms with Gasteiger partial charge in [0.05, 0.1) is 30.3 Å². The average Bonchev–Trinajstić information content (AvgIpc) is 2.63. The van der Waals surface area contributed by atoms with E-state index in [0.717, 1.165) is 6.42 Å². The van der Waals surface area contributed by atoms with Crippen molar-refractivity contribution < 1.29 is 18.3 Å². The summed E-state index contributed by atoms with van der Waals surface area (Å²) in [6.07, 6.45) is 1.17. The first-order valence-electron chi connectivity index (χ1n) is 7.02. The smallest absolute Gasteiger partial charge is 0.151 e. The lowest BCUT2D eigenvalue weighted by Gasteiger charge is -2.19. The van der Waals surface area contributed by atoms with Crippen molar-refractivity contribution in [2.45, 2.75) is 51.9 Å². The third-order valence-corrected chi connectivity index (χ3v) is 5.02. The lowest BCUT2D eigenvalue weighted by Crippen LogP contribution is -2.38. The van der Waals surface area contributed by atoms with Crippen molar-refractivity contribution in [3.8, 4) is 0 Å². The Labute approximate surface area is 116 Å². The number of hydrogen-bond donors (Lipinski definition) is 2. The van der Waals surface area contributed by atoms with Gasteiger partial charge in [0, 0.05) is 12.6 Å². The third kappa shape index (κ3) is 7.25. The number of nitrogens with one attached hydrogen (secondary N) is 1. The van der Waals surface area contributed by atoms with Gasteiger partial charge in [-0.15, -0.1) is 0 Å². The molecule has 0 spiro atoms. The molecule has 5 nitrogen and oxygen atoms in total. The van der Waals surface area contributed by atoms with E-state index in [1.807, 2.05) is 6.92 Å². The van der Waals surface area contributed by atoms with Crippen LogP contribution in [0, 0.1) is 5.92 Å². The Morgan fingerprint density at radius 1 is 1.37 bits per heavy atom. The fraction of sp³-hybridized carbons (Fsp3) is 1.00. The fourth-order valence-corrected chi connectivity index (χ4v) is 4.03. The van der Waals surface area contributed by atoms with Crippen molar-refractivity contribution in [1.82, 2.24) is 5.32 Å². The summed E-state index contributed by atoms with van der Waals surface area (Å²) in [7, 11) is -2.86. The number of hydrogen-bond acceptors (Lipinski definition) is 5. The summed E-state index contributed by atoms with van der Waals surface area (Å²) >= 11 is 0. The summed E-state index contributed by atoms with van der Waals surface area (Å²) in [5.41, 5.74) is 0. The minimum Gasteiger partial charge on any atom is -0.389 e. The SMILES string of the molecule is CC(C)CC(C)OCC(O)CNC1CCS(=O)(=O)C1. The summed E-state index contributed by atoms with van der Waals surface area (Å²) in [5, 5.41) is 12.9. The van der Waals surface area contributed by atoms with Crippen LogP contribution in [0.4, 0.5) is 0 Å². The number of aliphatic hydroxyl groups excluding tert-OH is 1. The summed E-state index contributed by atoms with van der Waals surface area (Å²) in [4.78, 5) is 0. The zero-order chi connectivity index (χ0) is 14.5. The Morgan fingerprint density at radius 2 is 2.05 bits per heavy atom. The number of aliphatic hydroxyl groups is 1.